The van der Waals surface area contributed by atoms with E-state index in [9.17, 15) is 24.9 Å². The van der Waals surface area contributed by atoms with Gasteiger partial charge in [-0.15, -0.1) is 0 Å². The molecule has 2 fully saturated rings. The molecule has 9 atom stereocenters. The SMILES string of the molecule is CC(=O)OCC(C(O)CC(OC(C)=O)C(C)(C)O)C1CCC2(C)C3=C(CCC12C)C1(C)CCC(O)C(C)(C)C1CC3. The number of carbonyl (C=O) groups is 2. The van der Waals surface area contributed by atoms with E-state index in [1.165, 1.54) is 13.8 Å². The second kappa shape index (κ2) is 10.9. The van der Waals surface area contributed by atoms with Crippen LogP contribution in [0.4, 0.5) is 0 Å². The second-order valence-corrected chi connectivity index (χ2v) is 15.8. The average molecular weight is 577 g/mol. The predicted molar refractivity (Wildman–Crippen MR) is 158 cm³/mol. The van der Waals surface area contributed by atoms with Gasteiger partial charge in [-0.1, -0.05) is 45.8 Å². The Hall–Kier alpha value is -1.44. The molecule has 0 spiro atoms. The number of allylic oxidation sites excluding steroid dienone is 2. The topological polar surface area (TPSA) is 113 Å². The zero-order chi connectivity index (χ0) is 30.8. The standard InChI is InChI=1S/C34H56O7/c1-20(35)40-19-22(26(37)18-29(31(5,6)39)41-21(2)36)23-12-16-34(9)25-10-11-27-30(3,4)28(38)14-15-32(27,7)24(25)13-17-33(23,34)8/h22-23,26-29,37-39H,10-19H2,1-9H3. The maximum absolute atomic E-state index is 11.9. The zero-order valence-corrected chi connectivity index (χ0v) is 27.0. The highest BCUT2D eigenvalue weighted by molar-refractivity contribution is 5.66. The minimum Gasteiger partial charge on any atom is -0.465 e. The molecule has 7 nitrogen and oxygen atoms in total. The van der Waals surface area contributed by atoms with E-state index in [4.69, 9.17) is 9.47 Å². The van der Waals surface area contributed by atoms with Crippen molar-refractivity contribution in [3.63, 3.8) is 0 Å². The molecule has 0 amide bonds. The van der Waals surface area contributed by atoms with Gasteiger partial charge in [-0.2, -0.15) is 0 Å². The van der Waals surface area contributed by atoms with Gasteiger partial charge < -0.3 is 24.8 Å². The van der Waals surface area contributed by atoms with E-state index in [-0.39, 0.29) is 58.6 Å². The molecule has 4 aliphatic rings. The van der Waals surface area contributed by atoms with Crippen LogP contribution in [0.5, 0.6) is 0 Å². The molecule has 234 valence electrons. The van der Waals surface area contributed by atoms with Gasteiger partial charge in [0.2, 0.25) is 0 Å². The highest BCUT2D eigenvalue weighted by Crippen LogP contribution is 2.72. The Morgan fingerprint density at radius 2 is 1.61 bits per heavy atom. The first-order chi connectivity index (χ1) is 18.8. The molecule has 0 bridgehead atoms. The van der Waals surface area contributed by atoms with Crippen LogP contribution in [0.25, 0.3) is 0 Å². The summed E-state index contributed by atoms with van der Waals surface area (Å²) in [5.74, 6) is -0.666. The van der Waals surface area contributed by atoms with Crippen LogP contribution in [-0.2, 0) is 19.1 Å². The fraction of sp³-hybridized carbons (Fsp3) is 0.882. The third-order valence-electron chi connectivity index (χ3n) is 12.8. The lowest BCUT2D eigenvalue weighted by Gasteiger charge is -2.62. The molecule has 0 radical (unpaired) electrons. The van der Waals surface area contributed by atoms with E-state index in [0.29, 0.717) is 5.92 Å². The van der Waals surface area contributed by atoms with Crippen molar-refractivity contribution >= 4 is 11.9 Å². The lowest BCUT2D eigenvalue weighted by Crippen LogP contribution is -2.55. The normalized spacial score (nSPS) is 38.7. The van der Waals surface area contributed by atoms with Crippen molar-refractivity contribution in [1.82, 2.24) is 0 Å². The summed E-state index contributed by atoms with van der Waals surface area (Å²) in [6, 6.07) is 0. The largest absolute Gasteiger partial charge is 0.465 e. The number of aliphatic hydroxyl groups is 3. The molecular weight excluding hydrogens is 520 g/mol. The van der Waals surface area contributed by atoms with Crippen LogP contribution in [0.2, 0.25) is 0 Å². The quantitative estimate of drug-likeness (QED) is 0.250. The smallest absolute Gasteiger partial charge is 0.303 e. The van der Waals surface area contributed by atoms with Crippen molar-refractivity contribution in [3.8, 4) is 0 Å². The molecule has 4 rings (SSSR count). The summed E-state index contributed by atoms with van der Waals surface area (Å²) >= 11 is 0. The van der Waals surface area contributed by atoms with E-state index in [1.54, 1.807) is 25.0 Å². The van der Waals surface area contributed by atoms with Crippen molar-refractivity contribution in [2.45, 2.75) is 144 Å². The highest BCUT2D eigenvalue weighted by Gasteiger charge is 2.64. The molecule has 4 aliphatic carbocycles. The Morgan fingerprint density at radius 1 is 0.951 bits per heavy atom. The Balaban J connectivity index is 1.68. The molecule has 0 aliphatic heterocycles. The van der Waals surface area contributed by atoms with Gasteiger partial charge in [-0.05, 0) is 98.7 Å². The third-order valence-corrected chi connectivity index (χ3v) is 12.8. The number of hydrogen-bond acceptors (Lipinski definition) is 7. The van der Waals surface area contributed by atoms with Crippen LogP contribution in [0.1, 0.15) is 120 Å². The number of esters is 2. The van der Waals surface area contributed by atoms with Gasteiger partial charge in [-0.25, -0.2) is 0 Å². The first-order valence-electron chi connectivity index (χ1n) is 15.9. The maximum atomic E-state index is 11.9. The number of rotatable bonds is 8. The summed E-state index contributed by atoms with van der Waals surface area (Å²) < 4.78 is 11.0. The number of hydrogen-bond donors (Lipinski definition) is 3. The summed E-state index contributed by atoms with van der Waals surface area (Å²) in [7, 11) is 0. The first kappa shape index (κ1) is 32.5. The van der Waals surface area contributed by atoms with Crippen LogP contribution in [0, 0.1) is 39.4 Å². The second-order valence-electron chi connectivity index (χ2n) is 15.8. The Kier molecular flexibility index (Phi) is 8.65. The molecule has 0 aromatic carbocycles. The van der Waals surface area contributed by atoms with Crippen molar-refractivity contribution in [3.05, 3.63) is 11.1 Å². The number of fused-ring (bicyclic) bond motifs is 4. The van der Waals surface area contributed by atoms with E-state index in [1.807, 2.05) is 0 Å². The summed E-state index contributed by atoms with van der Waals surface area (Å²) in [6.07, 6.45) is 5.98. The summed E-state index contributed by atoms with van der Waals surface area (Å²) in [6.45, 7) is 17.7. The van der Waals surface area contributed by atoms with Crippen LogP contribution in [0.15, 0.2) is 11.1 Å². The summed E-state index contributed by atoms with van der Waals surface area (Å²) in [5.41, 5.74) is 1.77. The molecule has 41 heavy (non-hydrogen) atoms. The molecule has 7 heteroatoms. The molecule has 0 aromatic rings. The van der Waals surface area contributed by atoms with E-state index in [2.05, 4.69) is 34.6 Å². The van der Waals surface area contributed by atoms with Gasteiger partial charge in [0.1, 0.15) is 6.10 Å². The lowest BCUT2D eigenvalue weighted by atomic mass is 9.43. The fourth-order valence-corrected chi connectivity index (χ4v) is 10.2. The van der Waals surface area contributed by atoms with Crippen LogP contribution in [-0.4, -0.2) is 57.8 Å². The van der Waals surface area contributed by atoms with Crippen LogP contribution < -0.4 is 0 Å². The highest BCUT2D eigenvalue weighted by atomic mass is 16.6. The van der Waals surface area contributed by atoms with E-state index in [0.717, 1.165) is 51.4 Å². The monoisotopic (exact) mass is 576 g/mol. The summed E-state index contributed by atoms with van der Waals surface area (Å²) in [5, 5.41) is 33.3. The van der Waals surface area contributed by atoms with Crippen molar-refractivity contribution in [2.75, 3.05) is 6.61 Å². The van der Waals surface area contributed by atoms with Gasteiger partial charge in [0, 0.05) is 26.2 Å². The maximum Gasteiger partial charge on any atom is 0.303 e. The fourth-order valence-electron chi connectivity index (χ4n) is 10.2. The van der Waals surface area contributed by atoms with E-state index < -0.39 is 23.8 Å². The third kappa shape index (κ3) is 5.42. The summed E-state index contributed by atoms with van der Waals surface area (Å²) in [4.78, 5) is 23.8. The van der Waals surface area contributed by atoms with Crippen LogP contribution in [0.3, 0.4) is 0 Å². The Bertz CT molecular complexity index is 1060. The van der Waals surface area contributed by atoms with Gasteiger partial charge in [0.15, 0.2) is 0 Å². The van der Waals surface area contributed by atoms with Gasteiger partial charge in [-0.3, -0.25) is 9.59 Å². The van der Waals surface area contributed by atoms with Gasteiger partial charge >= 0.3 is 11.9 Å². The predicted octanol–water partition coefficient (Wildman–Crippen LogP) is 5.73. The minimum atomic E-state index is -1.33. The van der Waals surface area contributed by atoms with Gasteiger partial charge in [0.25, 0.3) is 0 Å². The van der Waals surface area contributed by atoms with Crippen molar-refractivity contribution in [2.24, 2.45) is 39.4 Å². The average Bonchev–Trinajstić information content (AvgIpc) is 3.12. The molecule has 9 unspecified atom stereocenters. The van der Waals surface area contributed by atoms with E-state index >= 15 is 0 Å². The molecule has 0 aromatic heterocycles. The Labute approximate surface area is 247 Å². The molecule has 3 N–H and O–H groups in total. The molecular formula is C34H56O7. The zero-order valence-electron chi connectivity index (χ0n) is 27.0. The first-order valence-corrected chi connectivity index (χ1v) is 15.9. The van der Waals surface area contributed by atoms with Crippen molar-refractivity contribution < 1.29 is 34.4 Å². The molecule has 0 heterocycles. The minimum absolute atomic E-state index is 0.0286. The van der Waals surface area contributed by atoms with Crippen molar-refractivity contribution in [1.29, 1.82) is 0 Å². The molecule has 0 saturated heterocycles. The number of aliphatic hydroxyl groups excluding tert-OH is 2. The molecule has 2 saturated carbocycles. The number of carbonyl (C=O) groups excluding carboxylic acids is 2. The lowest BCUT2D eigenvalue weighted by molar-refractivity contribution is -0.165. The number of ether oxygens (including phenoxy) is 2. The van der Waals surface area contributed by atoms with Gasteiger partial charge in [0.05, 0.1) is 24.4 Å². The Morgan fingerprint density at radius 3 is 2.20 bits per heavy atom. The van der Waals surface area contributed by atoms with Crippen LogP contribution >= 0.6 is 0 Å².